The van der Waals surface area contributed by atoms with Crippen LogP contribution in [0.4, 0.5) is 5.95 Å². The Bertz CT molecular complexity index is 585. The highest BCUT2D eigenvalue weighted by atomic mass is 79.9. The Morgan fingerprint density at radius 3 is 2.90 bits per heavy atom. The normalized spacial score (nSPS) is 22.2. The minimum absolute atomic E-state index is 0.0930. The van der Waals surface area contributed by atoms with Gasteiger partial charge in [0.25, 0.3) is 0 Å². The summed E-state index contributed by atoms with van der Waals surface area (Å²) >= 11 is 3.33. The van der Waals surface area contributed by atoms with Gasteiger partial charge >= 0.3 is 0 Å². The largest absolute Gasteiger partial charge is 0.373 e. The van der Waals surface area contributed by atoms with Crippen LogP contribution >= 0.6 is 15.9 Å². The maximum absolute atomic E-state index is 5.96. The second kappa shape index (κ2) is 6.53. The zero-order valence-electron chi connectivity index (χ0n) is 11.9. The fourth-order valence-electron chi connectivity index (χ4n) is 2.63. The van der Waals surface area contributed by atoms with Crippen molar-refractivity contribution in [1.82, 2.24) is 19.7 Å². The van der Waals surface area contributed by atoms with Gasteiger partial charge in [0.15, 0.2) is 0 Å². The molecule has 2 aromatic heterocycles. The number of hydrogen-bond donors (Lipinski definition) is 1. The van der Waals surface area contributed by atoms with E-state index in [-0.39, 0.29) is 6.10 Å². The zero-order chi connectivity index (χ0) is 14.7. The van der Waals surface area contributed by atoms with E-state index in [1.807, 2.05) is 24.1 Å². The van der Waals surface area contributed by atoms with Crippen molar-refractivity contribution in [1.29, 1.82) is 0 Å². The van der Waals surface area contributed by atoms with Crippen molar-refractivity contribution in [2.75, 3.05) is 18.5 Å². The lowest BCUT2D eigenvalue weighted by Gasteiger charge is -2.31. The summed E-state index contributed by atoms with van der Waals surface area (Å²) in [6.45, 7) is 1.60. The molecule has 0 radical (unpaired) electrons. The first-order valence-electron chi connectivity index (χ1n) is 7.04. The summed E-state index contributed by atoms with van der Waals surface area (Å²) in [6, 6.07) is 0. The number of aromatic nitrogens is 4. The van der Waals surface area contributed by atoms with E-state index < -0.39 is 0 Å². The van der Waals surface area contributed by atoms with Crippen molar-refractivity contribution >= 4 is 21.9 Å². The highest BCUT2D eigenvalue weighted by molar-refractivity contribution is 9.10. The molecule has 2 aromatic rings. The van der Waals surface area contributed by atoms with Crippen LogP contribution in [0.3, 0.4) is 0 Å². The number of aryl methyl sites for hydroxylation is 1. The Kier molecular flexibility index (Phi) is 4.50. The van der Waals surface area contributed by atoms with E-state index in [0.29, 0.717) is 11.9 Å². The molecule has 1 saturated heterocycles. The molecular weight excluding hydrogens is 334 g/mol. The second-order valence-electron chi connectivity index (χ2n) is 5.25. The first-order valence-corrected chi connectivity index (χ1v) is 7.83. The Morgan fingerprint density at radius 1 is 1.38 bits per heavy atom. The van der Waals surface area contributed by atoms with Crippen LogP contribution in [0.1, 0.15) is 24.5 Å². The molecule has 0 spiro atoms. The molecule has 6 nitrogen and oxygen atoms in total. The number of rotatable bonds is 4. The van der Waals surface area contributed by atoms with Crippen LogP contribution < -0.4 is 5.32 Å². The predicted molar refractivity (Wildman–Crippen MR) is 82.8 cm³/mol. The van der Waals surface area contributed by atoms with Crippen molar-refractivity contribution in [2.24, 2.45) is 13.0 Å². The van der Waals surface area contributed by atoms with Crippen LogP contribution in [-0.2, 0) is 11.8 Å². The van der Waals surface area contributed by atoms with Gasteiger partial charge in [-0.3, -0.25) is 4.68 Å². The van der Waals surface area contributed by atoms with Gasteiger partial charge in [-0.1, -0.05) is 0 Å². The molecular formula is C14H18BrN5O. The van der Waals surface area contributed by atoms with Crippen molar-refractivity contribution in [2.45, 2.75) is 18.9 Å². The topological polar surface area (TPSA) is 64.9 Å². The third-order valence-electron chi connectivity index (χ3n) is 3.64. The Hall–Kier alpha value is -1.47. The molecule has 7 heteroatoms. The second-order valence-corrected chi connectivity index (χ2v) is 6.16. The third-order valence-corrected chi connectivity index (χ3v) is 4.05. The van der Waals surface area contributed by atoms with Crippen molar-refractivity contribution in [3.63, 3.8) is 0 Å². The number of nitrogens with zero attached hydrogens (tertiary/aromatic N) is 4. The number of anilines is 1. The summed E-state index contributed by atoms with van der Waals surface area (Å²) < 4.78 is 8.65. The average Bonchev–Trinajstić information content (AvgIpc) is 2.93. The zero-order valence-corrected chi connectivity index (χ0v) is 13.5. The smallest absolute Gasteiger partial charge is 0.222 e. The van der Waals surface area contributed by atoms with Gasteiger partial charge < -0.3 is 10.1 Å². The summed E-state index contributed by atoms with van der Waals surface area (Å²) in [6.07, 6.45) is 9.71. The van der Waals surface area contributed by atoms with Crippen LogP contribution in [0.15, 0.2) is 29.3 Å². The molecule has 112 valence electrons. The monoisotopic (exact) mass is 351 g/mol. The average molecular weight is 352 g/mol. The van der Waals surface area contributed by atoms with E-state index in [0.717, 1.165) is 36.0 Å². The molecule has 1 fully saturated rings. The molecule has 0 unspecified atom stereocenters. The summed E-state index contributed by atoms with van der Waals surface area (Å²) in [4.78, 5) is 8.48. The molecule has 0 aliphatic carbocycles. The van der Waals surface area contributed by atoms with Crippen LogP contribution in [0, 0.1) is 5.92 Å². The Labute approximate surface area is 132 Å². The summed E-state index contributed by atoms with van der Waals surface area (Å²) in [5, 5.41) is 7.54. The van der Waals surface area contributed by atoms with Crippen LogP contribution in [0.25, 0.3) is 0 Å². The van der Waals surface area contributed by atoms with E-state index in [2.05, 4.69) is 36.3 Å². The van der Waals surface area contributed by atoms with Gasteiger partial charge in [-0.15, -0.1) is 0 Å². The standard InChI is InChI=1S/C14H18BrN5O/c1-20-9-11(6-19-20)13-10(3-2-4-21-13)5-16-14-17-7-12(15)8-18-14/h6-10,13H,2-5H2,1H3,(H,16,17,18)/t10-,13+/m0/s1. The van der Waals surface area contributed by atoms with E-state index >= 15 is 0 Å². The van der Waals surface area contributed by atoms with Gasteiger partial charge in [-0.25, -0.2) is 9.97 Å². The van der Waals surface area contributed by atoms with E-state index in [9.17, 15) is 0 Å². The van der Waals surface area contributed by atoms with Crippen molar-refractivity contribution in [3.8, 4) is 0 Å². The summed E-state index contributed by atoms with van der Waals surface area (Å²) in [7, 11) is 1.93. The van der Waals surface area contributed by atoms with Crippen LogP contribution in [0.5, 0.6) is 0 Å². The number of nitrogens with one attached hydrogen (secondary N) is 1. The minimum Gasteiger partial charge on any atom is -0.373 e. The molecule has 0 aromatic carbocycles. The molecule has 1 aliphatic heterocycles. The van der Waals surface area contributed by atoms with Crippen LogP contribution in [0.2, 0.25) is 0 Å². The maximum Gasteiger partial charge on any atom is 0.222 e. The van der Waals surface area contributed by atoms with Gasteiger partial charge in [-0.2, -0.15) is 5.10 Å². The fourth-order valence-corrected chi connectivity index (χ4v) is 2.84. The van der Waals surface area contributed by atoms with E-state index in [1.54, 1.807) is 12.4 Å². The third kappa shape index (κ3) is 3.59. The maximum atomic E-state index is 5.96. The molecule has 3 rings (SSSR count). The number of hydrogen-bond acceptors (Lipinski definition) is 5. The van der Waals surface area contributed by atoms with Gasteiger partial charge in [0.2, 0.25) is 5.95 Å². The summed E-state index contributed by atoms with van der Waals surface area (Å²) in [5.74, 6) is 1.05. The molecule has 1 N–H and O–H groups in total. The van der Waals surface area contributed by atoms with E-state index in [4.69, 9.17) is 4.74 Å². The molecule has 0 bridgehead atoms. The summed E-state index contributed by atoms with van der Waals surface area (Å²) in [5.41, 5.74) is 1.14. The predicted octanol–water partition coefficient (Wildman–Crippen LogP) is 2.55. The van der Waals surface area contributed by atoms with Crippen LogP contribution in [-0.4, -0.2) is 32.9 Å². The molecule has 0 saturated carbocycles. The molecule has 0 amide bonds. The minimum atomic E-state index is 0.0930. The molecule has 1 aliphatic rings. The van der Waals surface area contributed by atoms with E-state index in [1.165, 1.54) is 0 Å². The van der Waals surface area contributed by atoms with Gasteiger partial charge in [0, 0.05) is 50.3 Å². The van der Waals surface area contributed by atoms with Gasteiger partial charge in [0.05, 0.1) is 16.8 Å². The van der Waals surface area contributed by atoms with Crippen molar-refractivity contribution in [3.05, 3.63) is 34.8 Å². The first-order chi connectivity index (χ1) is 10.2. The highest BCUT2D eigenvalue weighted by Gasteiger charge is 2.28. The number of ether oxygens (including phenoxy) is 1. The number of halogens is 1. The fraction of sp³-hybridized carbons (Fsp3) is 0.500. The lowest BCUT2D eigenvalue weighted by Crippen LogP contribution is -2.28. The molecule has 3 heterocycles. The van der Waals surface area contributed by atoms with Crippen molar-refractivity contribution < 1.29 is 4.74 Å². The Balaban J connectivity index is 1.65. The highest BCUT2D eigenvalue weighted by Crippen LogP contribution is 2.33. The Morgan fingerprint density at radius 2 is 2.19 bits per heavy atom. The van der Waals surface area contributed by atoms with Gasteiger partial charge in [-0.05, 0) is 28.8 Å². The van der Waals surface area contributed by atoms with Gasteiger partial charge in [0.1, 0.15) is 0 Å². The first kappa shape index (κ1) is 14.5. The lowest BCUT2D eigenvalue weighted by atomic mass is 9.91. The molecule has 21 heavy (non-hydrogen) atoms. The quantitative estimate of drug-likeness (QED) is 0.916. The molecule has 2 atom stereocenters. The lowest BCUT2D eigenvalue weighted by molar-refractivity contribution is -0.0239. The SMILES string of the molecule is Cn1cc([C@@H]2OCCC[C@H]2CNc2ncc(Br)cn2)cn1.